The molecule has 0 saturated heterocycles. The molecule has 1 N–H and O–H groups in total. The number of halogens is 5. The molecule has 0 amide bonds. The van der Waals surface area contributed by atoms with Crippen LogP contribution in [0.4, 0.5) is 27.8 Å². The Morgan fingerprint density at radius 1 is 1.09 bits per heavy atom. The molecule has 0 atom stereocenters. The van der Waals surface area contributed by atoms with Crippen molar-refractivity contribution < 1.29 is 22.0 Å². The van der Waals surface area contributed by atoms with Gasteiger partial charge in [0.1, 0.15) is 22.7 Å². The van der Waals surface area contributed by atoms with Crippen molar-refractivity contribution in [3.8, 4) is 0 Å². The molecule has 116 valence electrons. The van der Waals surface area contributed by atoms with Gasteiger partial charge >= 0.3 is 6.18 Å². The van der Waals surface area contributed by atoms with E-state index in [1.54, 1.807) is 0 Å². The third kappa shape index (κ3) is 2.13. The molecule has 4 nitrogen and oxygen atoms in total. The Morgan fingerprint density at radius 2 is 1.77 bits per heavy atom. The number of rotatable bonds is 1. The molecule has 0 aliphatic heterocycles. The molecule has 22 heavy (non-hydrogen) atoms. The Morgan fingerprint density at radius 3 is 2.36 bits per heavy atom. The Kier molecular flexibility index (Phi) is 2.98. The zero-order chi connectivity index (χ0) is 16.2. The van der Waals surface area contributed by atoms with Gasteiger partial charge in [0.2, 0.25) is 5.82 Å². The molecular formula is C13H9F5N4. The van der Waals surface area contributed by atoms with Gasteiger partial charge in [0.05, 0.1) is 10.9 Å². The fourth-order valence-corrected chi connectivity index (χ4v) is 2.24. The van der Waals surface area contributed by atoms with E-state index in [0.29, 0.717) is 6.07 Å². The van der Waals surface area contributed by atoms with Gasteiger partial charge in [-0.2, -0.15) is 13.2 Å². The summed E-state index contributed by atoms with van der Waals surface area (Å²) in [6, 6.07) is 1.59. The number of nitrogens with one attached hydrogen (secondary N) is 1. The maximum absolute atomic E-state index is 14.0. The van der Waals surface area contributed by atoms with Gasteiger partial charge in [0.25, 0.3) is 0 Å². The van der Waals surface area contributed by atoms with Crippen molar-refractivity contribution >= 4 is 27.8 Å². The number of nitrogens with zero attached hydrogens (tertiary/aromatic N) is 3. The van der Waals surface area contributed by atoms with Crippen LogP contribution >= 0.6 is 0 Å². The lowest BCUT2D eigenvalue weighted by molar-refractivity contribution is -0.144. The molecule has 1 aromatic carbocycles. The lowest BCUT2D eigenvalue weighted by Gasteiger charge is -2.14. The minimum Gasteiger partial charge on any atom is -0.361 e. The van der Waals surface area contributed by atoms with Crippen LogP contribution in [0.1, 0.15) is 5.82 Å². The van der Waals surface area contributed by atoms with Crippen LogP contribution in [0.2, 0.25) is 0 Å². The van der Waals surface area contributed by atoms with Crippen molar-refractivity contribution in [2.24, 2.45) is 0 Å². The highest BCUT2D eigenvalue weighted by atomic mass is 19.4. The van der Waals surface area contributed by atoms with Crippen LogP contribution < -0.4 is 4.90 Å². The summed E-state index contributed by atoms with van der Waals surface area (Å²) in [4.78, 5) is 10.9. The fourth-order valence-electron chi connectivity index (χ4n) is 2.24. The van der Waals surface area contributed by atoms with Crippen molar-refractivity contribution in [2.45, 2.75) is 6.18 Å². The maximum atomic E-state index is 14.0. The topological polar surface area (TPSA) is 44.8 Å². The fraction of sp³-hybridized carbons (Fsp3) is 0.231. The van der Waals surface area contributed by atoms with Gasteiger partial charge in [-0.1, -0.05) is 0 Å². The molecule has 3 rings (SSSR count). The predicted octanol–water partition coefficient (Wildman–Crippen LogP) is 3.47. The van der Waals surface area contributed by atoms with E-state index in [2.05, 4.69) is 15.0 Å². The molecule has 3 aromatic rings. The van der Waals surface area contributed by atoms with Gasteiger partial charge in [-0.05, 0) is 6.07 Å². The van der Waals surface area contributed by atoms with E-state index in [0.717, 1.165) is 6.07 Å². The second kappa shape index (κ2) is 4.52. The van der Waals surface area contributed by atoms with Crippen molar-refractivity contribution in [1.82, 2.24) is 15.0 Å². The molecule has 0 bridgehead atoms. The first-order valence-corrected chi connectivity index (χ1v) is 6.11. The van der Waals surface area contributed by atoms with Crippen LogP contribution in [-0.2, 0) is 6.18 Å². The lowest BCUT2D eigenvalue weighted by Crippen LogP contribution is -2.17. The third-order valence-electron chi connectivity index (χ3n) is 3.12. The number of aromatic nitrogens is 3. The van der Waals surface area contributed by atoms with E-state index in [9.17, 15) is 22.0 Å². The largest absolute Gasteiger partial charge is 0.451 e. The summed E-state index contributed by atoms with van der Waals surface area (Å²) in [5.41, 5.74) is -0.111. The first kappa shape index (κ1) is 14.5. The molecular weight excluding hydrogens is 307 g/mol. The highest BCUT2D eigenvalue weighted by molar-refractivity contribution is 6.08. The smallest absolute Gasteiger partial charge is 0.361 e. The summed E-state index contributed by atoms with van der Waals surface area (Å²) in [6.45, 7) is 0. The monoisotopic (exact) mass is 316 g/mol. The van der Waals surface area contributed by atoms with Crippen LogP contribution in [0, 0.1) is 11.6 Å². The highest BCUT2D eigenvalue weighted by Gasteiger charge is 2.36. The SMILES string of the molecule is CN(C)c1nc(C(F)(F)F)nc2c1[nH]c1cc(F)cc(F)c12. The van der Waals surface area contributed by atoms with Gasteiger partial charge in [-0.15, -0.1) is 0 Å². The number of H-pyrrole nitrogens is 1. The number of hydrogen-bond donors (Lipinski definition) is 1. The van der Waals surface area contributed by atoms with Crippen LogP contribution in [0.25, 0.3) is 21.9 Å². The normalized spacial score (nSPS) is 12.3. The summed E-state index contributed by atoms with van der Waals surface area (Å²) >= 11 is 0. The zero-order valence-corrected chi connectivity index (χ0v) is 11.4. The average molecular weight is 316 g/mol. The summed E-state index contributed by atoms with van der Waals surface area (Å²) in [7, 11) is 2.98. The second-order valence-corrected chi connectivity index (χ2v) is 4.92. The standard InChI is InChI=1S/C13H9F5N4/c1-22(2)11-10-9(20-12(21-11)13(16,17)18)8-6(15)3-5(14)4-7(8)19-10/h3-4,19H,1-2H3. The molecule has 2 aromatic heterocycles. The molecule has 0 fully saturated rings. The van der Waals surface area contributed by atoms with Crippen molar-refractivity contribution in [3.63, 3.8) is 0 Å². The summed E-state index contributed by atoms with van der Waals surface area (Å²) in [6.07, 6.45) is -4.78. The van der Waals surface area contributed by atoms with Crippen molar-refractivity contribution in [1.29, 1.82) is 0 Å². The summed E-state index contributed by atoms with van der Waals surface area (Å²) in [5, 5.41) is -0.201. The number of benzene rings is 1. The Bertz CT molecular complexity index is 882. The Hall–Kier alpha value is -2.45. The second-order valence-electron chi connectivity index (χ2n) is 4.92. The molecule has 0 spiro atoms. The van der Waals surface area contributed by atoms with Crippen molar-refractivity contribution in [3.05, 3.63) is 29.6 Å². The van der Waals surface area contributed by atoms with Crippen LogP contribution in [-0.4, -0.2) is 29.0 Å². The van der Waals surface area contributed by atoms with Gasteiger partial charge in [-0.25, -0.2) is 18.7 Å². The highest BCUT2D eigenvalue weighted by Crippen LogP contribution is 2.35. The first-order valence-electron chi connectivity index (χ1n) is 6.11. The molecule has 0 aliphatic rings. The summed E-state index contributed by atoms with van der Waals surface area (Å²) < 4.78 is 66.0. The van der Waals surface area contributed by atoms with Gasteiger partial charge in [0.15, 0.2) is 5.82 Å². The number of hydrogen-bond acceptors (Lipinski definition) is 3. The van der Waals surface area contributed by atoms with E-state index in [4.69, 9.17) is 0 Å². The van der Waals surface area contributed by atoms with E-state index >= 15 is 0 Å². The molecule has 0 saturated carbocycles. The Labute approximate surface area is 120 Å². The molecule has 9 heteroatoms. The van der Waals surface area contributed by atoms with E-state index in [1.165, 1.54) is 19.0 Å². The number of alkyl halides is 3. The van der Waals surface area contributed by atoms with Crippen LogP contribution in [0.5, 0.6) is 0 Å². The third-order valence-corrected chi connectivity index (χ3v) is 3.12. The average Bonchev–Trinajstić information content (AvgIpc) is 2.73. The van der Waals surface area contributed by atoms with Crippen LogP contribution in [0.3, 0.4) is 0 Å². The van der Waals surface area contributed by atoms with Gasteiger partial charge < -0.3 is 9.88 Å². The summed E-state index contributed by atoms with van der Waals surface area (Å²) in [5.74, 6) is -3.27. The van der Waals surface area contributed by atoms with Crippen molar-refractivity contribution in [2.75, 3.05) is 19.0 Å². The number of anilines is 1. The Balaban J connectivity index is 2.50. The number of aromatic amines is 1. The maximum Gasteiger partial charge on any atom is 0.451 e. The van der Waals surface area contributed by atoms with E-state index in [-0.39, 0.29) is 27.8 Å². The van der Waals surface area contributed by atoms with Crippen LogP contribution in [0.15, 0.2) is 12.1 Å². The van der Waals surface area contributed by atoms with Gasteiger partial charge in [0, 0.05) is 20.2 Å². The number of fused-ring (bicyclic) bond motifs is 3. The lowest BCUT2D eigenvalue weighted by atomic mass is 10.2. The van der Waals surface area contributed by atoms with Gasteiger partial charge in [-0.3, -0.25) is 0 Å². The zero-order valence-electron chi connectivity index (χ0n) is 11.4. The minimum absolute atomic E-state index is 0.0178. The molecule has 0 unspecified atom stereocenters. The molecule has 2 heterocycles. The van der Waals surface area contributed by atoms with E-state index in [1.807, 2.05) is 0 Å². The van der Waals surface area contributed by atoms with E-state index < -0.39 is 23.6 Å². The predicted molar refractivity (Wildman–Crippen MR) is 70.6 cm³/mol. The molecule has 0 aliphatic carbocycles. The minimum atomic E-state index is -4.78. The quantitative estimate of drug-likeness (QED) is 0.699. The molecule has 0 radical (unpaired) electrons. The first-order chi connectivity index (χ1) is 10.2.